The van der Waals surface area contributed by atoms with Gasteiger partial charge in [-0.1, -0.05) is 19.8 Å². The van der Waals surface area contributed by atoms with Gasteiger partial charge in [0.1, 0.15) is 0 Å². The Morgan fingerprint density at radius 2 is 1.71 bits per heavy atom. The van der Waals surface area contributed by atoms with Crippen LogP contribution in [-0.2, 0) is 9.59 Å². The molecule has 1 unspecified atom stereocenters. The highest BCUT2D eigenvalue weighted by molar-refractivity contribution is 5.85. The van der Waals surface area contributed by atoms with Gasteiger partial charge in [0.2, 0.25) is 5.91 Å². The summed E-state index contributed by atoms with van der Waals surface area (Å²) in [5, 5.41) is 12.2. The molecule has 4 nitrogen and oxygen atoms in total. The predicted molar refractivity (Wildman–Crippen MR) is 63.4 cm³/mol. The zero-order chi connectivity index (χ0) is 12.4. The van der Waals surface area contributed by atoms with Gasteiger partial charge in [-0.3, -0.25) is 9.59 Å². The van der Waals surface area contributed by atoms with E-state index in [-0.39, 0.29) is 17.9 Å². The van der Waals surface area contributed by atoms with Gasteiger partial charge >= 0.3 is 5.97 Å². The van der Waals surface area contributed by atoms with Crippen LogP contribution in [0.4, 0.5) is 0 Å². The largest absolute Gasteiger partial charge is 0.481 e. The van der Waals surface area contributed by atoms with Gasteiger partial charge in [0, 0.05) is 6.04 Å². The summed E-state index contributed by atoms with van der Waals surface area (Å²) in [6.07, 6.45) is 5.80. The summed E-state index contributed by atoms with van der Waals surface area (Å²) in [6, 6.07) is 0.285. The van der Waals surface area contributed by atoms with Gasteiger partial charge in [0.25, 0.3) is 0 Å². The topological polar surface area (TPSA) is 66.4 Å². The number of rotatable bonds is 3. The minimum Gasteiger partial charge on any atom is -0.481 e. The third-order valence-electron chi connectivity index (χ3n) is 4.15. The number of hydrogen-bond donors (Lipinski definition) is 2. The average molecular weight is 239 g/mol. The number of carboxylic acids is 1. The highest BCUT2D eigenvalue weighted by Gasteiger charge is 2.41. The normalized spacial score (nSPS) is 33.8. The van der Waals surface area contributed by atoms with E-state index in [4.69, 9.17) is 5.11 Å². The highest BCUT2D eigenvalue weighted by atomic mass is 16.4. The summed E-state index contributed by atoms with van der Waals surface area (Å²) in [5.41, 5.74) is 0. The van der Waals surface area contributed by atoms with Crippen LogP contribution in [-0.4, -0.2) is 23.0 Å². The van der Waals surface area contributed by atoms with Crippen molar-refractivity contribution in [3.63, 3.8) is 0 Å². The van der Waals surface area contributed by atoms with Crippen LogP contribution in [0.25, 0.3) is 0 Å². The summed E-state index contributed by atoms with van der Waals surface area (Å²) in [4.78, 5) is 23.2. The molecule has 4 heteroatoms. The molecule has 2 N–H and O–H groups in total. The zero-order valence-electron chi connectivity index (χ0n) is 10.3. The number of amides is 1. The Morgan fingerprint density at radius 3 is 2.29 bits per heavy atom. The number of hydrogen-bond acceptors (Lipinski definition) is 2. The van der Waals surface area contributed by atoms with Gasteiger partial charge in [-0.25, -0.2) is 0 Å². The van der Waals surface area contributed by atoms with Crippen molar-refractivity contribution in [2.75, 3.05) is 0 Å². The number of aliphatic carboxylic acids is 1. The molecular formula is C13H21NO3. The third kappa shape index (κ3) is 2.79. The van der Waals surface area contributed by atoms with Crippen molar-refractivity contribution in [1.82, 2.24) is 5.32 Å². The Kier molecular flexibility index (Phi) is 3.69. The van der Waals surface area contributed by atoms with Gasteiger partial charge in [-0.15, -0.1) is 0 Å². The summed E-state index contributed by atoms with van der Waals surface area (Å²) >= 11 is 0. The molecule has 0 radical (unpaired) electrons. The second-order valence-electron chi connectivity index (χ2n) is 5.62. The predicted octanol–water partition coefficient (Wildman–Crippen LogP) is 1.79. The molecule has 0 bridgehead atoms. The summed E-state index contributed by atoms with van der Waals surface area (Å²) < 4.78 is 0. The minimum absolute atomic E-state index is 0.0337. The van der Waals surface area contributed by atoms with Crippen LogP contribution in [0.15, 0.2) is 0 Å². The fraction of sp³-hybridized carbons (Fsp3) is 0.846. The monoisotopic (exact) mass is 239 g/mol. The quantitative estimate of drug-likeness (QED) is 0.789. The Morgan fingerprint density at radius 1 is 1.12 bits per heavy atom. The first-order valence-electron chi connectivity index (χ1n) is 6.61. The molecule has 1 amide bonds. The van der Waals surface area contributed by atoms with E-state index in [1.54, 1.807) is 0 Å². The molecule has 2 aliphatic carbocycles. The number of carboxylic acid groups (broad SMARTS) is 1. The van der Waals surface area contributed by atoms with E-state index in [1.807, 2.05) is 6.92 Å². The lowest BCUT2D eigenvalue weighted by molar-refractivity contribution is -0.146. The maximum absolute atomic E-state index is 12.1. The molecule has 96 valence electrons. The van der Waals surface area contributed by atoms with Crippen LogP contribution in [0, 0.1) is 17.8 Å². The number of carbonyl (C=O) groups excluding carboxylic acids is 1. The van der Waals surface area contributed by atoms with Crippen molar-refractivity contribution in [1.29, 1.82) is 0 Å². The maximum atomic E-state index is 12.1. The fourth-order valence-corrected chi connectivity index (χ4v) is 3.23. The molecule has 17 heavy (non-hydrogen) atoms. The van der Waals surface area contributed by atoms with Crippen molar-refractivity contribution in [2.45, 2.75) is 51.5 Å². The Hall–Kier alpha value is -1.06. The van der Waals surface area contributed by atoms with Crippen LogP contribution in [0.3, 0.4) is 0 Å². The minimum atomic E-state index is -0.819. The van der Waals surface area contributed by atoms with Crippen molar-refractivity contribution >= 4 is 11.9 Å². The van der Waals surface area contributed by atoms with E-state index >= 15 is 0 Å². The molecule has 0 aromatic carbocycles. The molecule has 3 atom stereocenters. The molecule has 2 saturated carbocycles. The summed E-state index contributed by atoms with van der Waals surface area (Å²) in [5.74, 6) is -1.31. The van der Waals surface area contributed by atoms with Crippen molar-refractivity contribution < 1.29 is 14.7 Å². The first-order valence-corrected chi connectivity index (χ1v) is 6.61. The molecular weight excluding hydrogens is 218 g/mol. The lowest BCUT2D eigenvalue weighted by Crippen LogP contribution is -2.40. The molecule has 0 aromatic rings. The fourth-order valence-electron chi connectivity index (χ4n) is 3.23. The Labute approximate surface area is 102 Å². The van der Waals surface area contributed by atoms with Crippen LogP contribution in [0.2, 0.25) is 0 Å². The zero-order valence-corrected chi connectivity index (χ0v) is 10.3. The van der Waals surface area contributed by atoms with Gasteiger partial charge in [0.05, 0.1) is 11.8 Å². The Balaban J connectivity index is 1.94. The second kappa shape index (κ2) is 5.07. The molecule has 0 aliphatic heterocycles. The molecule has 0 heterocycles. The lowest BCUT2D eigenvalue weighted by atomic mass is 9.95. The molecule has 2 fully saturated rings. The van der Waals surface area contributed by atoms with Crippen molar-refractivity contribution in [3.05, 3.63) is 0 Å². The lowest BCUT2D eigenvalue weighted by Gasteiger charge is -2.19. The molecule has 0 spiro atoms. The Bertz CT molecular complexity index is 310. The molecule has 2 aliphatic rings. The first kappa shape index (κ1) is 12.4. The number of carbonyl (C=O) groups is 2. The molecule has 0 aromatic heterocycles. The third-order valence-corrected chi connectivity index (χ3v) is 4.15. The van der Waals surface area contributed by atoms with Crippen LogP contribution in [0.1, 0.15) is 45.4 Å². The first-order chi connectivity index (χ1) is 8.08. The summed E-state index contributed by atoms with van der Waals surface area (Å²) in [6.45, 7) is 2.03. The van der Waals surface area contributed by atoms with Gasteiger partial charge < -0.3 is 10.4 Å². The molecule has 0 saturated heterocycles. The maximum Gasteiger partial charge on any atom is 0.307 e. The van der Waals surface area contributed by atoms with Crippen LogP contribution in [0.5, 0.6) is 0 Å². The molecule has 2 rings (SSSR count). The van der Waals surface area contributed by atoms with Gasteiger partial charge in [-0.2, -0.15) is 0 Å². The second-order valence-corrected chi connectivity index (χ2v) is 5.62. The van der Waals surface area contributed by atoms with Crippen LogP contribution < -0.4 is 5.32 Å². The van der Waals surface area contributed by atoms with Crippen LogP contribution >= 0.6 is 0 Å². The van der Waals surface area contributed by atoms with Gasteiger partial charge in [0.15, 0.2) is 0 Å². The van der Waals surface area contributed by atoms with E-state index in [2.05, 4.69) is 5.32 Å². The standard InChI is InChI=1S/C13H21NO3/c1-8-6-10(11(7-8)13(16)17)12(15)14-9-4-2-3-5-9/h8-11H,2-7H2,1H3,(H,14,15)(H,16,17)/t8?,10-,11+/m0/s1. The van der Waals surface area contributed by atoms with E-state index < -0.39 is 11.9 Å². The summed E-state index contributed by atoms with van der Waals surface area (Å²) in [7, 11) is 0. The highest BCUT2D eigenvalue weighted by Crippen LogP contribution is 2.36. The number of nitrogens with one attached hydrogen (secondary N) is 1. The van der Waals surface area contributed by atoms with Crippen molar-refractivity contribution in [3.8, 4) is 0 Å². The van der Waals surface area contributed by atoms with E-state index in [0.29, 0.717) is 12.3 Å². The average Bonchev–Trinajstić information content (AvgIpc) is 2.86. The van der Waals surface area contributed by atoms with Crippen molar-refractivity contribution in [2.24, 2.45) is 17.8 Å². The van der Waals surface area contributed by atoms with Gasteiger partial charge in [-0.05, 0) is 31.6 Å². The van der Waals surface area contributed by atoms with E-state index in [1.165, 1.54) is 12.8 Å². The van der Waals surface area contributed by atoms with E-state index in [9.17, 15) is 9.59 Å². The SMILES string of the molecule is CC1C[C@H](C(=O)NC2CCCC2)[C@H](C(=O)O)C1. The van der Waals surface area contributed by atoms with E-state index in [0.717, 1.165) is 19.3 Å². The smallest absolute Gasteiger partial charge is 0.307 e.